The van der Waals surface area contributed by atoms with Crippen LogP contribution in [0.25, 0.3) is 0 Å². The number of imidazole rings is 1. The second-order valence-corrected chi connectivity index (χ2v) is 4.62. The van der Waals surface area contributed by atoms with Crippen LogP contribution in [0.1, 0.15) is 34.9 Å². The number of hydrogen-bond acceptors (Lipinski definition) is 4. The third kappa shape index (κ3) is 2.52. The van der Waals surface area contributed by atoms with Gasteiger partial charge in [-0.25, -0.2) is 9.97 Å². The maximum atomic E-state index is 12.0. The lowest BCUT2D eigenvalue weighted by Crippen LogP contribution is -2.29. The maximum Gasteiger partial charge on any atom is 0.270 e. The lowest BCUT2D eigenvalue weighted by molar-refractivity contribution is 0.0927. The average Bonchev–Trinajstić information content (AvgIpc) is 2.96. The zero-order valence-electron chi connectivity index (χ0n) is 9.75. The molecule has 2 heterocycles. The van der Waals surface area contributed by atoms with Gasteiger partial charge in [-0.1, -0.05) is 6.92 Å². The molecule has 0 saturated heterocycles. The Hall–Kier alpha value is -1.69. The van der Waals surface area contributed by atoms with Crippen molar-refractivity contribution in [2.45, 2.75) is 19.4 Å². The molecular weight excluding hydrogens is 236 g/mol. The first-order valence-electron chi connectivity index (χ1n) is 5.39. The first kappa shape index (κ1) is 11.8. The Morgan fingerprint density at radius 1 is 1.65 bits per heavy atom. The van der Waals surface area contributed by atoms with E-state index < -0.39 is 0 Å². The summed E-state index contributed by atoms with van der Waals surface area (Å²) in [5, 5.41) is 5.80. The highest BCUT2D eigenvalue weighted by atomic mass is 32.1. The van der Waals surface area contributed by atoms with E-state index in [2.05, 4.69) is 15.3 Å². The fourth-order valence-electron chi connectivity index (χ4n) is 1.55. The molecule has 0 unspecified atom stereocenters. The molecule has 0 aliphatic rings. The van der Waals surface area contributed by atoms with Crippen LogP contribution in [-0.4, -0.2) is 20.4 Å². The number of aromatic nitrogens is 3. The Labute approximate surface area is 104 Å². The van der Waals surface area contributed by atoms with Crippen molar-refractivity contribution in [2.24, 2.45) is 7.05 Å². The van der Waals surface area contributed by atoms with E-state index in [0.717, 1.165) is 11.4 Å². The highest BCUT2D eigenvalue weighted by Crippen LogP contribution is 2.19. The zero-order valence-corrected chi connectivity index (χ0v) is 10.6. The smallest absolute Gasteiger partial charge is 0.270 e. The van der Waals surface area contributed by atoms with E-state index in [4.69, 9.17) is 0 Å². The van der Waals surface area contributed by atoms with Gasteiger partial charge in [-0.2, -0.15) is 0 Å². The van der Waals surface area contributed by atoms with Crippen LogP contribution < -0.4 is 5.32 Å². The molecule has 6 heteroatoms. The number of nitrogens with one attached hydrogen (secondary N) is 1. The van der Waals surface area contributed by atoms with Gasteiger partial charge in [0.1, 0.15) is 10.7 Å². The molecule has 0 saturated carbocycles. The molecule has 1 atom stereocenters. The third-order valence-electron chi connectivity index (χ3n) is 2.51. The van der Waals surface area contributed by atoms with Crippen molar-refractivity contribution in [3.8, 4) is 0 Å². The number of rotatable bonds is 4. The number of carbonyl (C=O) groups excluding carboxylic acids is 1. The summed E-state index contributed by atoms with van der Waals surface area (Å²) in [5.41, 5.74) is 0.556. The molecule has 2 aromatic rings. The van der Waals surface area contributed by atoms with E-state index in [-0.39, 0.29) is 11.9 Å². The average molecular weight is 250 g/mol. The molecular formula is C11H14N4OS. The van der Waals surface area contributed by atoms with E-state index >= 15 is 0 Å². The number of hydrogen-bond donors (Lipinski definition) is 1. The standard InChI is InChI=1S/C11H14N4OS/c1-3-8(11-13-4-5-17-11)14-10(16)9-6-12-7-15(9)2/h4-8H,3H2,1-2H3,(H,14,16)/t8-/m0/s1. The van der Waals surface area contributed by atoms with Crippen LogP contribution in [0.2, 0.25) is 0 Å². The van der Waals surface area contributed by atoms with Crippen molar-refractivity contribution in [2.75, 3.05) is 0 Å². The fourth-order valence-corrected chi connectivity index (χ4v) is 2.33. The molecule has 0 fully saturated rings. The van der Waals surface area contributed by atoms with Gasteiger partial charge in [0, 0.05) is 18.6 Å². The quantitative estimate of drug-likeness (QED) is 0.899. The number of aryl methyl sites for hydroxylation is 1. The predicted octanol–water partition coefficient (Wildman–Crippen LogP) is 1.76. The Kier molecular flexibility index (Phi) is 3.53. The zero-order chi connectivity index (χ0) is 12.3. The Morgan fingerprint density at radius 2 is 2.47 bits per heavy atom. The molecule has 90 valence electrons. The summed E-state index contributed by atoms with van der Waals surface area (Å²) in [7, 11) is 1.80. The van der Waals surface area contributed by atoms with Gasteiger partial charge in [0.2, 0.25) is 0 Å². The van der Waals surface area contributed by atoms with Crippen LogP contribution in [0.4, 0.5) is 0 Å². The van der Waals surface area contributed by atoms with Crippen molar-refractivity contribution < 1.29 is 4.79 Å². The van der Waals surface area contributed by atoms with Crippen molar-refractivity contribution in [3.05, 3.63) is 34.8 Å². The topological polar surface area (TPSA) is 59.8 Å². The van der Waals surface area contributed by atoms with Crippen LogP contribution >= 0.6 is 11.3 Å². The van der Waals surface area contributed by atoms with Gasteiger partial charge in [0.15, 0.2) is 0 Å². The first-order valence-corrected chi connectivity index (χ1v) is 6.27. The second kappa shape index (κ2) is 5.09. The Morgan fingerprint density at radius 3 is 3.00 bits per heavy atom. The molecule has 17 heavy (non-hydrogen) atoms. The molecule has 0 radical (unpaired) electrons. The summed E-state index contributed by atoms with van der Waals surface area (Å²) < 4.78 is 1.70. The minimum atomic E-state index is -0.118. The Balaban J connectivity index is 2.10. The molecule has 0 aliphatic carbocycles. The SMILES string of the molecule is CC[C@H](NC(=O)c1cncn1C)c1nccs1. The van der Waals surface area contributed by atoms with Crippen LogP contribution in [0.5, 0.6) is 0 Å². The fraction of sp³-hybridized carbons (Fsp3) is 0.364. The van der Waals surface area contributed by atoms with Gasteiger partial charge in [-0.05, 0) is 6.42 Å². The van der Waals surface area contributed by atoms with Gasteiger partial charge in [0.05, 0.1) is 18.6 Å². The van der Waals surface area contributed by atoms with Crippen molar-refractivity contribution in [1.82, 2.24) is 19.9 Å². The minimum Gasteiger partial charge on any atom is -0.341 e. The number of nitrogens with zero attached hydrogens (tertiary/aromatic N) is 3. The highest BCUT2D eigenvalue weighted by molar-refractivity contribution is 7.09. The molecule has 0 spiro atoms. The summed E-state index contributed by atoms with van der Waals surface area (Å²) in [5.74, 6) is -0.118. The lowest BCUT2D eigenvalue weighted by Gasteiger charge is -2.14. The summed E-state index contributed by atoms with van der Waals surface area (Å²) >= 11 is 1.55. The van der Waals surface area contributed by atoms with E-state index in [1.54, 1.807) is 41.7 Å². The number of amides is 1. The largest absolute Gasteiger partial charge is 0.341 e. The Bertz CT molecular complexity index is 491. The molecule has 0 aliphatic heterocycles. The molecule has 2 rings (SSSR count). The normalized spacial score (nSPS) is 12.4. The molecule has 5 nitrogen and oxygen atoms in total. The van der Waals surface area contributed by atoms with E-state index in [0.29, 0.717) is 5.69 Å². The summed E-state index contributed by atoms with van der Waals surface area (Å²) in [6.45, 7) is 2.02. The molecule has 1 N–H and O–H groups in total. The minimum absolute atomic E-state index is 0.0302. The number of thiazole rings is 1. The molecule has 1 amide bonds. The second-order valence-electron chi connectivity index (χ2n) is 3.69. The van der Waals surface area contributed by atoms with Gasteiger partial charge in [-0.3, -0.25) is 4.79 Å². The van der Waals surface area contributed by atoms with Crippen molar-refractivity contribution >= 4 is 17.2 Å². The molecule has 0 bridgehead atoms. The monoisotopic (exact) mass is 250 g/mol. The molecule has 2 aromatic heterocycles. The summed E-state index contributed by atoms with van der Waals surface area (Å²) in [6, 6.07) is -0.0302. The van der Waals surface area contributed by atoms with Crippen LogP contribution in [0.3, 0.4) is 0 Å². The van der Waals surface area contributed by atoms with Crippen LogP contribution in [0.15, 0.2) is 24.1 Å². The predicted molar refractivity (Wildman–Crippen MR) is 65.8 cm³/mol. The van der Waals surface area contributed by atoms with Gasteiger partial charge in [-0.15, -0.1) is 11.3 Å². The van der Waals surface area contributed by atoms with Crippen molar-refractivity contribution in [3.63, 3.8) is 0 Å². The maximum absolute atomic E-state index is 12.0. The van der Waals surface area contributed by atoms with E-state index in [1.807, 2.05) is 12.3 Å². The third-order valence-corrected chi connectivity index (χ3v) is 3.40. The number of carbonyl (C=O) groups is 1. The summed E-state index contributed by atoms with van der Waals surface area (Å²) in [6.07, 6.45) is 5.74. The van der Waals surface area contributed by atoms with Gasteiger partial charge < -0.3 is 9.88 Å². The van der Waals surface area contributed by atoms with E-state index in [1.165, 1.54) is 0 Å². The lowest BCUT2D eigenvalue weighted by atomic mass is 10.2. The van der Waals surface area contributed by atoms with Gasteiger partial charge >= 0.3 is 0 Å². The van der Waals surface area contributed by atoms with Crippen LogP contribution in [0, 0.1) is 0 Å². The van der Waals surface area contributed by atoms with E-state index in [9.17, 15) is 4.79 Å². The first-order chi connectivity index (χ1) is 8.22. The van der Waals surface area contributed by atoms with Crippen LogP contribution in [-0.2, 0) is 7.05 Å². The summed E-state index contributed by atoms with van der Waals surface area (Å²) in [4.78, 5) is 20.1. The molecule has 0 aromatic carbocycles. The van der Waals surface area contributed by atoms with Gasteiger partial charge in [0.25, 0.3) is 5.91 Å². The highest BCUT2D eigenvalue weighted by Gasteiger charge is 2.17. The van der Waals surface area contributed by atoms with Crippen molar-refractivity contribution in [1.29, 1.82) is 0 Å².